The number of amides is 1. The van der Waals surface area contributed by atoms with Crippen LogP contribution in [-0.2, 0) is 4.79 Å². The Bertz CT molecular complexity index is 537. The fourth-order valence-corrected chi connectivity index (χ4v) is 3.76. The molecule has 2 fully saturated rings. The maximum absolute atomic E-state index is 12.8. The van der Waals surface area contributed by atoms with Gasteiger partial charge in [0.1, 0.15) is 12.4 Å². The molecule has 1 saturated heterocycles. The van der Waals surface area contributed by atoms with E-state index >= 15 is 0 Å². The molecule has 0 bridgehead atoms. The zero-order chi connectivity index (χ0) is 13.6. The van der Waals surface area contributed by atoms with Gasteiger partial charge in [-0.05, 0) is 49.9 Å². The molecule has 4 nitrogen and oxygen atoms in total. The maximum atomic E-state index is 12.8. The van der Waals surface area contributed by atoms with E-state index < -0.39 is 0 Å². The third-order valence-corrected chi connectivity index (χ3v) is 5.08. The second-order valence-electron chi connectivity index (χ2n) is 6.18. The lowest BCUT2D eigenvalue weighted by Gasteiger charge is -2.31. The number of benzene rings is 1. The molecule has 1 spiro atoms. The standard InChI is InChI=1S/C16H20N2O2/c19-15(12-11-16(12)5-7-17-8-6-16)18-9-10-20-14-4-2-1-3-13(14)18/h1-4,12,17H,5-11H2. The zero-order valence-corrected chi connectivity index (χ0v) is 11.6. The summed E-state index contributed by atoms with van der Waals surface area (Å²) in [5.74, 6) is 1.38. The van der Waals surface area contributed by atoms with Crippen LogP contribution in [0.2, 0.25) is 0 Å². The first-order valence-corrected chi connectivity index (χ1v) is 7.54. The van der Waals surface area contributed by atoms with Crippen molar-refractivity contribution in [3.63, 3.8) is 0 Å². The third kappa shape index (κ3) is 1.82. The molecule has 1 amide bonds. The zero-order valence-electron chi connectivity index (χ0n) is 11.6. The highest BCUT2D eigenvalue weighted by molar-refractivity contribution is 5.99. The molecule has 0 radical (unpaired) electrons. The summed E-state index contributed by atoms with van der Waals surface area (Å²) >= 11 is 0. The van der Waals surface area contributed by atoms with Crippen LogP contribution < -0.4 is 15.0 Å². The lowest BCUT2D eigenvalue weighted by atomic mass is 9.91. The fraction of sp³-hybridized carbons (Fsp3) is 0.562. The van der Waals surface area contributed by atoms with Crippen molar-refractivity contribution in [1.82, 2.24) is 5.32 Å². The van der Waals surface area contributed by atoms with E-state index in [1.54, 1.807) is 0 Å². The number of para-hydroxylation sites is 2. The van der Waals surface area contributed by atoms with Gasteiger partial charge in [-0.25, -0.2) is 0 Å². The Morgan fingerprint density at radius 1 is 1.30 bits per heavy atom. The Labute approximate surface area is 119 Å². The third-order valence-electron chi connectivity index (χ3n) is 5.08. The van der Waals surface area contributed by atoms with Gasteiger partial charge in [0, 0.05) is 5.92 Å². The molecule has 1 saturated carbocycles. The van der Waals surface area contributed by atoms with Crippen molar-refractivity contribution in [3.05, 3.63) is 24.3 Å². The van der Waals surface area contributed by atoms with Crippen molar-refractivity contribution in [2.75, 3.05) is 31.1 Å². The van der Waals surface area contributed by atoms with E-state index in [1.165, 1.54) is 0 Å². The second-order valence-corrected chi connectivity index (χ2v) is 6.18. The van der Waals surface area contributed by atoms with Gasteiger partial charge in [0.05, 0.1) is 12.2 Å². The summed E-state index contributed by atoms with van der Waals surface area (Å²) in [4.78, 5) is 14.8. The Morgan fingerprint density at radius 2 is 2.10 bits per heavy atom. The van der Waals surface area contributed by atoms with Crippen molar-refractivity contribution in [1.29, 1.82) is 0 Å². The van der Waals surface area contributed by atoms with Crippen LogP contribution in [0.4, 0.5) is 5.69 Å². The molecule has 1 aliphatic carbocycles. The van der Waals surface area contributed by atoms with Crippen LogP contribution in [0, 0.1) is 11.3 Å². The molecule has 1 unspecified atom stereocenters. The maximum Gasteiger partial charge on any atom is 0.230 e. The molecule has 0 aromatic heterocycles. The summed E-state index contributed by atoms with van der Waals surface area (Å²) in [6.07, 6.45) is 3.37. The smallest absolute Gasteiger partial charge is 0.230 e. The first kappa shape index (κ1) is 12.2. The van der Waals surface area contributed by atoms with Crippen LogP contribution >= 0.6 is 0 Å². The van der Waals surface area contributed by atoms with Crippen LogP contribution in [0.5, 0.6) is 5.75 Å². The van der Waals surface area contributed by atoms with Gasteiger partial charge >= 0.3 is 0 Å². The predicted octanol–water partition coefficient (Wildman–Crippen LogP) is 1.80. The van der Waals surface area contributed by atoms with E-state index in [0.29, 0.717) is 24.5 Å². The molecule has 1 aromatic carbocycles. The lowest BCUT2D eigenvalue weighted by molar-refractivity contribution is -0.121. The average Bonchev–Trinajstić information content (AvgIpc) is 3.20. The Balaban J connectivity index is 1.56. The van der Waals surface area contributed by atoms with Crippen molar-refractivity contribution >= 4 is 11.6 Å². The number of nitrogens with one attached hydrogen (secondary N) is 1. The molecule has 2 heterocycles. The summed E-state index contributed by atoms with van der Waals surface area (Å²) in [6, 6.07) is 7.87. The van der Waals surface area contributed by atoms with E-state index in [9.17, 15) is 4.79 Å². The first-order valence-electron chi connectivity index (χ1n) is 7.54. The number of nitrogens with zero attached hydrogens (tertiary/aromatic N) is 1. The molecular weight excluding hydrogens is 252 g/mol. The minimum Gasteiger partial charge on any atom is -0.490 e. The minimum atomic E-state index is 0.232. The molecule has 4 heteroatoms. The van der Waals surface area contributed by atoms with Crippen LogP contribution in [0.3, 0.4) is 0 Å². The Kier molecular flexibility index (Phi) is 2.74. The highest BCUT2D eigenvalue weighted by Crippen LogP contribution is 2.59. The summed E-state index contributed by atoms with van der Waals surface area (Å²) < 4.78 is 5.64. The number of anilines is 1. The normalized spacial score (nSPS) is 26.8. The van der Waals surface area contributed by atoms with Crippen molar-refractivity contribution < 1.29 is 9.53 Å². The number of piperidine rings is 1. The highest BCUT2D eigenvalue weighted by Gasteiger charge is 2.58. The Morgan fingerprint density at radius 3 is 2.95 bits per heavy atom. The molecule has 20 heavy (non-hydrogen) atoms. The summed E-state index contributed by atoms with van der Waals surface area (Å²) in [5.41, 5.74) is 1.25. The lowest BCUT2D eigenvalue weighted by Crippen LogP contribution is -2.41. The van der Waals surface area contributed by atoms with E-state index in [2.05, 4.69) is 5.32 Å². The molecule has 4 rings (SSSR count). The number of carbonyl (C=O) groups is 1. The molecule has 1 aromatic rings. The number of hydrogen-bond acceptors (Lipinski definition) is 3. The quantitative estimate of drug-likeness (QED) is 0.847. The highest BCUT2D eigenvalue weighted by atomic mass is 16.5. The van der Waals surface area contributed by atoms with Gasteiger partial charge in [0.25, 0.3) is 0 Å². The molecule has 2 aliphatic heterocycles. The fourth-order valence-electron chi connectivity index (χ4n) is 3.76. The number of fused-ring (bicyclic) bond motifs is 1. The van der Waals surface area contributed by atoms with Gasteiger partial charge in [0.2, 0.25) is 5.91 Å². The number of ether oxygens (including phenoxy) is 1. The minimum absolute atomic E-state index is 0.232. The predicted molar refractivity (Wildman–Crippen MR) is 76.9 cm³/mol. The SMILES string of the molecule is O=C(C1CC12CCNCC2)N1CCOc2ccccc21. The molecule has 1 atom stereocenters. The average molecular weight is 272 g/mol. The van der Waals surface area contributed by atoms with Gasteiger partial charge in [-0.15, -0.1) is 0 Å². The summed E-state index contributed by atoms with van der Waals surface area (Å²) in [6.45, 7) is 3.40. The van der Waals surface area contributed by atoms with E-state index in [1.807, 2.05) is 29.2 Å². The van der Waals surface area contributed by atoms with Gasteiger partial charge in [-0.3, -0.25) is 4.79 Å². The van der Waals surface area contributed by atoms with Crippen LogP contribution in [0.15, 0.2) is 24.3 Å². The molecule has 3 aliphatic rings. The number of carbonyl (C=O) groups excluding carboxylic acids is 1. The van der Waals surface area contributed by atoms with E-state index in [0.717, 1.165) is 43.8 Å². The number of hydrogen-bond donors (Lipinski definition) is 1. The topological polar surface area (TPSA) is 41.6 Å². The second kappa shape index (κ2) is 4.48. The van der Waals surface area contributed by atoms with Gasteiger partial charge in [-0.1, -0.05) is 12.1 Å². The van der Waals surface area contributed by atoms with E-state index in [4.69, 9.17) is 4.74 Å². The van der Waals surface area contributed by atoms with Gasteiger partial charge in [-0.2, -0.15) is 0 Å². The van der Waals surface area contributed by atoms with Gasteiger partial charge < -0.3 is 15.0 Å². The van der Waals surface area contributed by atoms with Gasteiger partial charge in [0.15, 0.2) is 0 Å². The van der Waals surface area contributed by atoms with Crippen LogP contribution in [0.25, 0.3) is 0 Å². The molecule has 106 valence electrons. The van der Waals surface area contributed by atoms with E-state index in [-0.39, 0.29) is 5.92 Å². The molecular formula is C16H20N2O2. The van der Waals surface area contributed by atoms with Crippen molar-refractivity contribution in [2.24, 2.45) is 11.3 Å². The Hall–Kier alpha value is -1.55. The van der Waals surface area contributed by atoms with Crippen molar-refractivity contribution in [2.45, 2.75) is 19.3 Å². The number of rotatable bonds is 1. The first-order chi connectivity index (χ1) is 9.80. The summed E-state index contributed by atoms with van der Waals surface area (Å²) in [7, 11) is 0. The van der Waals surface area contributed by atoms with Crippen LogP contribution in [-0.4, -0.2) is 32.1 Å². The molecule has 1 N–H and O–H groups in total. The largest absolute Gasteiger partial charge is 0.490 e. The van der Waals surface area contributed by atoms with Crippen LogP contribution in [0.1, 0.15) is 19.3 Å². The monoisotopic (exact) mass is 272 g/mol. The summed E-state index contributed by atoms with van der Waals surface area (Å²) in [5, 5.41) is 3.39. The van der Waals surface area contributed by atoms with Crippen molar-refractivity contribution in [3.8, 4) is 5.75 Å².